The van der Waals surface area contributed by atoms with Crippen LogP contribution in [0.15, 0.2) is 94.1 Å². The molecule has 0 amide bonds. The summed E-state index contributed by atoms with van der Waals surface area (Å²) >= 11 is 0. The molecule has 2 nitrogen and oxygen atoms in total. The third kappa shape index (κ3) is 2.96. The summed E-state index contributed by atoms with van der Waals surface area (Å²) < 4.78 is 5.64. The lowest BCUT2D eigenvalue weighted by molar-refractivity contribution is 0.533. The van der Waals surface area contributed by atoms with Crippen molar-refractivity contribution >= 4 is 10.8 Å². The zero-order chi connectivity index (χ0) is 17.1. The van der Waals surface area contributed by atoms with Gasteiger partial charge in [-0.3, -0.25) is 0 Å². The van der Waals surface area contributed by atoms with Gasteiger partial charge in [-0.25, -0.2) is 4.79 Å². The van der Waals surface area contributed by atoms with E-state index in [2.05, 4.69) is 11.8 Å². The molecule has 0 saturated heterocycles. The second-order valence-electron chi connectivity index (χ2n) is 5.62. The Kier molecular flexibility index (Phi) is 3.90. The second kappa shape index (κ2) is 6.51. The normalized spacial score (nSPS) is 10.2. The van der Waals surface area contributed by atoms with Crippen molar-refractivity contribution in [3.8, 4) is 23.2 Å². The molecular weight excluding hydrogens is 308 g/mol. The Morgan fingerprint density at radius 1 is 0.640 bits per heavy atom. The molecule has 118 valence electrons. The molecule has 0 aliphatic rings. The van der Waals surface area contributed by atoms with E-state index in [1.54, 1.807) is 6.07 Å². The predicted molar refractivity (Wildman–Crippen MR) is 100 cm³/mol. The topological polar surface area (TPSA) is 30.2 Å². The molecule has 0 unspecified atom stereocenters. The Labute approximate surface area is 145 Å². The molecule has 0 radical (unpaired) electrons. The molecular formula is C23H14O2. The molecule has 4 rings (SSSR count). The predicted octanol–water partition coefficient (Wildman–Crippen LogP) is 4.86. The van der Waals surface area contributed by atoms with Crippen molar-refractivity contribution in [1.29, 1.82) is 0 Å². The quantitative estimate of drug-likeness (QED) is 0.468. The molecule has 3 aromatic carbocycles. The van der Waals surface area contributed by atoms with Gasteiger partial charge >= 0.3 is 5.63 Å². The molecule has 0 fully saturated rings. The van der Waals surface area contributed by atoms with Gasteiger partial charge in [-0.15, -0.1) is 0 Å². The van der Waals surface area contributed by atoms with E-state index >= 15 is 0 Å². The molecule has 4 aromatic rings. The van der Waals surface area contributed by atoms with Gasteiger partial charge in [-0.05, 0) is 18.2 Å². The molecule has 0 N–H and O–H groups in total. The number of rotatable bonds is 1. The van der Waals surface area contributed by atoms with Gasteiger partial charge in [0.15, 0.2) is 5.76 Å². The van der Waals surface area contributed by atoms with E-state index in [4.69, 9.17) is 4.42 Å². The lowest BCUT2D eigenvalue weighted by atomic mass is 10.0. The standard InChI is InChI=1S/C23H14O2/c24-23-21-14-8-7-13-19(21)20(16-15-17-9-3-1-4-10-17)22(25-23)18-11-5-2-6-12-18/h1-14H. The summed E-state index contributed by atoms with van der Waals surface area (Å²) in [6.07, 6.45) is 0. The number of hydrogen-bond acceptors (Lipinski definition) is 2. The second-order valence-corrected chi connectivity index (χ2v) is 5.62. The van der Waals surface area contributed by atoms with Gasteiger partial charge in [0.2, 0.25) is 0 Å². The molecule has 0 spiro atoms. The maximum absolute atomic E-state index is 12.4. The minimum Gasteiger partial charge on any atom is -0.421 e. The minimum absolute atomic E-state index is 0.347. The Hall–Kier alpha value is -3.57. The fourth-order valence-electron chi connectivity index (χ4n) is 2.77. The summed E-state index contributed by atoms with van der Waals surface area (Å²) in [7, 11) is 0. The summed E-state index contributed by atoms with van der Waals surface area (Å²) in [5.74, 6) is 6.89. The van der Waals surface area contributed by atoms with E-state index in [9.17, 15) is 4.79 Å². The van der Waals surface area contributed by atoms with Crippen LogP contribution in [0.5, 0.6) is 0 Å². The molecule has 2 heteroatoms. The smallest absolute Gasteiger partial charge is 0.344 e. The molecule has 0 aliphatic carbocycles. The molecule has 1 aromatic heterocycles. The molecule has 0 saturated carbocycles. The SMILES string of the molecule is O=c1oc(-c2ccccc2)c(C#Cc2ccccc2)c2ccccc12. The zero-order valence-electron chi connectivity index (χ0n) is 13.4. The summed E-state index contributed by atoms with van der Waals surface area (Å²) in [4.78, 5) is 12.4. The highest BCUT2D eigenvalue weighted by Crippen LogP contribution is 2.27. The van der Waals surface area contributed by atoms with Crippen molar-refractivity contribution in [3.05, 3.63) is 106 Å². The van der Waals surface area contributed by atoms with E-state index in [-0.39, 0.29) is 5.63 Å². The first-order valence-electron chi connectivity index (χ1n) is 8.01. The van der Waals surface area contributed by atoms with E-state index in [0.717, 1.165) is 22.1 Å². The lowest BCUT2D eigenvalue weighted by Crippen LogP contribution is -2.03. The largest absolute Gasteiger partial charge is 0.421 e. The van der Waals surface area contributed by atoms with E-state index in [1.807, 2.05) is 78.9 Å². The summed E-state index contributed by atoms with van der Waals surface area (Å²) in [5.41, 5.74) is 2.13. The molecule has 0 aliphatic heterocycles. The average Bonchev–Trinajstić information content (AvgIpc) is 2.69. The third-order valence-electron chi connectivity index (χ3n) is 3.98. The van der Waals surface area contributed by atoms with Crippen LogP contribution in [0, 0.1) is 11.8 Å². The first kappa shape index (κ1) is 15.0. The molecule has 1 heterocycles. The van der Waals surface area contributed by atoms with Crippen molar-refractivity contribution in [2.75, 3.05) is 0 Å². The van der Waals surface area contributed by atoms with Crippen LogP contribution >= 0.6 is 0 Å². The van der Waals surface area contributed by atoms with Crippen LogP contribution in [0.25, 0.3) is 22.1 Å². The minimum atomic E-state index is -0.347. The Bertz CT molecular complexity index is 1140. The third-order valence-corrected chi connectivity index (χ3v) is 3.98. The van der Waals surface area contributed by atoms with Gasteiger partial charge in [0, 0.05) is 16.5 Å². The Morgan fingerprint density at radius 3 is 1.96 bits per heavy atom. The first-order chi connectivity index (χ1) is 12.3. The van der Waals surface area contributed by atoms with Crippen molar-refractivity contribution in [2.24, 2.45) is 0 Å². The maximum Gasteiger partial charge on any atom is 0.344 e. The van der Waals surface area contributed by atoms with Gasteiger partial charge < -0.3 is 4.42 Å². The highest BCUT2D eigenvalue weighted by Gasteiger charge is 2.13. The Morgan fingerprint density at radius 2 is 1.24 bits per heavy atom. The number of benzene rings is 3. The molecule has 0 atom stereocenters. The number of hydrogen-bond donors (Lipinski definition) is 0. The summed E-state index contributed by atoms with van der Waals surface area (Å²) in [6.45, 7) is 0. The highest BCUT2D eigenvalue weighted by atomic mass is 16.4. The molecule has 0 bridgehead atoms. The first-order valence-corrected chi connectivity index (χ1v) is 8.01. The van der Waals surface area contributed by atoms with E-state index < -0.39 is 0 Å². The van der Waals surface area contributed by atoms with Gasteiger partial charge in [0.05, 0.1) is 10.9 Å². The average molecular weight is 322 g/mol. The van der Waals surface area contributed by atoms with Gasteiger partial charge in [0.25, 0.3) is 0 Å². The zero-order valence-corrected chi connectivity index (χ0v) is 13.4. The van der Waals surface area contributed by atoms with Crippen molar-refractivity contribution in [2.45, 2.75) is 0 Å². The summed E-state index contributed by atoms with van der Waals surface area (Å²) in [6, 6.07) is 26.8. The van der Waals surface area contributed by atoms with Crippen LogP contribution in [0.4, 0.5) is 0 Å². The van der Waals surface area contributed by atoms with Crippen molar-refractivity contribution < 1.29 is 4.42 Å². The van der Waals surface area contributed by atoms with Gasteiger partial charge in [-0.2, -0.15) is 0 Å². The van der Waals surface area contributed by atoms with Crippen molar-refractivity contribution in [3.63, 3.8) is 0 Å². The fourth-order valence-corrected chi connectivity index (χ4v) is 2.77. The van der Waals surface area contributed by atoms with Crippen LogP contribution in [0.1, 0.15) is 11.1 Å². The van der Waals surface area contributed by atoms with Crippen LogP contribution in [0.2, 0.25) is 0 Å². The Balaban J connectivity index is 2.02. The summed E-state index contributed by atoms with van der Waals surface area (Å²) in [5, 5.41) is 1.35. The number of fused-ring (bicyclic) bond motifs is 1. The monoisotopic (exact) mass is 322 g/mol. The lowest BCUT2D eigenvalue weighted by Gasteiger charge is -2.07. The molecule has 25 heavy (non-hydrogen) atoms. The fraction of sp³-hybridized carbons (Fsp3) is 0. The van der Waals surface area contributed by atoms with E-state index in [0.29, 0.717) is 11.1 Å². The van der Waals surface area contributed by atoms with Crippen molar-refractivity contribution in [1.82, 2.24) is 0 Å². The van der Waals surface area contributed by atoms with Crippen LogP contribution in [-0.4, -0.2) is 0 Å². The highest BCUT2D eigenvalue weighted by molar-refractivity contribution is 5.91. The van der Waals surface area contributed by atoms with Crippen LogP contribution in [-0.2, 0) is 0 Å². The van der Waals surface area contributed by atoms with Gasteiger partial charge in [-0.1, -0.05) is 78.6 Å². The van der Waals surface area contributed by atoms with Crippen LogP contribution < -0.4 is 5.63 Å². The van der Waals surface area contributed by atoms with E-state index in [1.165, 1.54) is 0 Å². The van der Waals surface area contributed by atoms with Gasteiger partial charge in [0.1, 0.15) is 0 Å². The van der Waals surface area contributed by atoms with Crippen LogP contribution in [0.3, 0.4) is 0 Å². The maximum atomic E-state index is 12.4.